The second-order valence-corrected chi connectivity index (χ2v) is 6.21. The topological polar surface area (TPSA) is 98.0 Å². The Balaban J connectivity index is 3.68. The first-order chi connectivity index (χ1) is 11.0. The number of carboxylic acid groups (broad SMARTS) is 1. The van der Waals surface area contributed by atoms with Crippen molar-refractivity contribution in [3.63, 3.8) is 0 Å². The number of aliphatic hydroxyl groups excluding tert-OH is 3. The van der Waals surface area contributed by atoms with E-state index in [4.69, 9.17) is 5.11 Å². The molecule has 0 rings (SSSR count). The summed E-state index contributed by atoms with van der Waals surface area (Å²) in [6.45, 7) is 2.11. The van der Waals surface area contributed by atoms with Gasteiger partial charge in [0.05, 0.1) is 18.3 Å². The fourth-order valence-electron chi connectivity index (χ4n) is 2.40. The van der Waals surface area contributed by atoms with E-state index in [0.717, 1.165) is 44.9 Å². The Kier molecular flexibility index (Phi) is 14.1. The van der Waals surface area contributed by atoms with Crippen LogP contribution in [0.1, 0.15) is 77.6 Å². The molecule has 5 heteroatoms. The fourth-order valence-corrected chi connectivity index (χ4v) is 2.40. The summed E-state index contributed by atoms with van der Waals surface area (Å²) >= 11 is 0. The Labute approximate surface area is 140 Å². The Morgan fingerprint density at radius 1 is 0.870 bits per heavy atom. The molecular formula is C18H34O5. The van der Waals surface area contributed by atoms with Crippen LogP contribution in [0, 0.1) is 0 Å². The third-order valence-corrected chi connectivity index (χ3v) is 3.92. The number of hydrogen-bond acceptors (Lipinski definition) is 4. The highest BCUT2D eigenvalue weighted by Gasteiger charge is 2.13. The van der Waals surface area contributed by atoms with E-state index in [1.54, 1.807) is 6.08 Å². The number of rotatable bonds is 15. The van der Waals surface area contributed by atoms with Crippen molar-refractivity contribution in [3.8, 4) is 0 Å². The average molecular weight is 330 g/mol. The molecule has 0 aliphatic heterocycles. The molecule has 0 aliphatic carbocycles. The van der Waals surface area contributed by atoms with Gasteiger partial charge in [0.1, 0.15) is 0 Å². The lowest BCUT2D eigenvalue weighted by atomic mass is 10.0. The second-order valence-electron chi connectivity index (χ2n) is 6.21. The lowest BCUT2D eigenvalue weighted by molar-refractivity contribution is -0.137. The van der Waals surface area contributed by atoms with Gasteiger partial charge in [0, 0.05) is 6.42 Å². The quantitative estimate of drug-likeness (QED) is 0.273. The molecule has 0 aromatic carbocycles. The number of aliphatic hydroxyl groups is 3. The van der Waals surface area contributed by atoms with Gasteiger partial charge in [0.2, 0.25) is 0 Å². The zero-order valence-corrected chi connectivity index (χ0v) is 14.4. The number of aliphatic carboxylic acids is 1. The third-order valence-electron chi connectivity index (χ3n) is 3.92. The zero-order valence-electron chi connectivity index (χ0n) is 14.4. The van der Waals surface area contributed by atoms with Gasteiger partial charge in [-0.2, -0.15) is 0 Å². The van der Waals surface area contributed by atoms with E-state index in [-0.39, 0.29) is 6.42 Å². The number of carbonyl (C=O) groups is 1. The number of carboxylic acids is 1. The molecule has 0 saturated heterocycles. The minimum absolute atomic E-state index is 0.215. The van der Waals surface area contributed by atoms with E-state index < -0.39 is 24.3 Å². The summed E-state index contributed by atoms with van der Waals surface area (Å²) < 4.78 is 0. The molecule has 0 aromatic rings. The smallest absolute Gasteiger partial charge is 0.303 e. The van der Waals surface area contributed by atoms with Crippen LogP contribution in [-0.4, -0.2) is 44.7 Å². The number of unbranched alkanes of at least 4 members (excludes halogenated alkanes) is 6. The highest BCUT2D eigenvalue weighted by molar-refractivity contribution is 5.66. The van der Waals surface area contributed by atoms with E-state index in [9.17, 15) is 20.1 Å². The molecule has 3 atom stereocenters. The summed E-state index contributed by atoms with van der Waals surface area (Å²) in [6, 6.07) is 0. The molecule has 23 heavy (non-hydrogen) atoms. The minimum Gasteiger partial charge on any atom is -0.481 e. The van der Waals surface area contributed by atoms with Crippen LogP contribution in [0.25, 0.3) is 0 Å². The summed E-state index contributed by atoms with van der Waals surface area (Å²) in [5, 5.41) is 37.9. The van der Waals surface area contributed by atoms with Crippen molar-refractivity contribution >= 4 is 5.97 Å². The van der Waals surface area contributed by atoms with Crippen molar-refractivity contribution in [1.29, 1.82) is 0 Å². The van der Waals surface area contributed by atoms with Crippen molar-refractivity contribution < 1.29 is 25.2 Å². The SMILES string of the molecule is CCCCC[C@H](O)/C=C/[C@@H](O)[C@H](O)CCCCCCCC(=O)O. The first-order valence-corrected chi connectivity index (χ1v) is 8.91. The van der Waals surface area contributed by atoms with E-state index in [1.807, 2.05) is 0 Å². The maximum Gasteiger partial charge on any atom is 0.303 e. The summed E-state index contributed by atoms with van der Waals surface area (Å²) in [5.74, 6) is -0.757. The van der Waals surface area contributed by atoms with Gasteiger partial charge < -0.3 is 20.4 Å². The van der Waals surface area contributed by atoms with Crippen LogP contribution in [0.2, 0.25) is 0 Å². The first-order valence-electron chi connectivity index (χ1n) is 8.91. The molecule has 0 heterocycles. The zero-order chi connectivity index (χ0) is 17.5. The monoisotopic (exact) mass is 330 g/mol. The van der Waals surface area contributed by atoms with E-state index in [1.165, 1.54) is 6.08 Å². The molecule has 136 valence electrons. The third kappa shape index (κ3) is 14.4. The molecular weight excluding hydrogens is 296 g/mol. The van der Waals surface area contributed by atoms with E-state index >= 15 is 0 Å². The predicted octanol–water partition coefficient (Wildman–Crippen LogP) is 3.02. The van der Waals surface area contributed by atoms with Gasteiger partial charge in [-0.3, -0.25) is 4.79 Å². The van der Waals surface area contributed by atoms with Crippen molar-refractivity contribution in [2.75, 3.05) is 0 Å². The molecule has 0 aliphatic rings. The highest BCUT2D eigenvalue weighted by Crippen LogP contribution is 2.12. The number of hydrogen-bond donors (Lipinski definition) is 4. The van der Waals surface area contributed by atoms with Crippen LogP contribution < -0.4 is 0 Å². The first kappa shape index (κ1) is 22.1. The molecule has 5 nitrogen and oxygen atoms in total. The molecule has 0 fully saturated rings. The summed E-state index contributed by atoms with van der Waals surface area (Å²) in [7, 11) is 0. The Morgan fingerprint density at radius 3 is 2.13 bits per heavy atom. The van der Waals surface area contributed by atoms with Gasteiger partial charge >= 0.3 is 5.97 Å². The van der Waals surface area contributed by atoms with Crippen LogP contribution in [0.15, 0.2) is 12.2 Å². The molecule has 0 radical (unpaired) electrons. The van der Waals surface area contributed by atoms with Crippen molar-refractivity contribution in [3.05, 3.63) is 12.2 Å². The van der Waals surface area contributed by atoms with Crippen LogP contribution in [0.3, 0.4) is 0 Å². The molecule has 0 spiro atoms. The van der Waals surface area contributed by atoms with Crippen LogP contribution in [0.4, 0.5) is 0 Å². The predicted molar refractivity (Wildman–Crippen MR) is 91.3 cm³/mol. The lowest BCUT2D eigenvalue weighted by Crippen LogP contribution is -2.24. The standard InChI is InChI=1S/C18H34O5/c1-2-3-7-10-15(19)13-14-17(21)16(20)11-8-5-4-6-9-12-18(22)23/h13-17,19-21H,2-12H2,1H3,(H,22,23)/b14-13+/t15-,16+,17+/m0/s1. The van der Waals surface area contributed by atoms with Crippen LogP contribution in [0.5, 0.6) is 0 Å². The fraction of sp³-hybridized carbons (Fsp3) is 0.833. The maximum absolute atomic E-state index is 10.4. The Morgan fingerprint density at radius 2 is 1.48 bits per heavy atom. The summed E-state index contributed by atoms with van der Waals surface area (Å²) in [4.78, 5) is 10.4. The Bertz CT molecular complexity index is 317. The highest BCUT2D eigenvalue weighted by atomic mass is 16.4. The molecule has 0 saturated carbocycles. The molecule has 0 amide bonds. The summed E-state index contributed by atoms with van der Waals surface area (Å²) in [6.07, 6.45) is 9.55. The van der Waals surface area contributed by atoms with Crippen LogP contribution >= 0.6 is 0 Å². The lowest BCUT2D eigenvalue weighted by Gasteiger charge is -2.15. The van der Waals surface area contributed by atoms with E-state index in [0.29, 0.717) is 19.3 Å². The van der Waals surface area contributed by atoms with Crippen molar-refractivity contribution in [2.24, 2.45) is 0 Å². The van der Waals surface area contributed by atoms with Crippen LogP contribution in [-0.2, 0) is 4.79 Å². The van der Waals surface area contributed by atoms with Crippen molar-refractivity contribution in [1.82, 2.24) is 0 Å². The second kappa shape index (κ2) is 14.7. The largest absolute Gasteiger partial charge is 0.481 e. The van der Waals surface area contributed by atoms with Gasteiger partial charge in [-0.15, -0.1) is 0 Å². The van der Waals surface area contributed by atoms with Gasteiger partial charge in [-0.05, 0) is 19.3 Å². The molecule has 4 N–H and O–H groups in total. The van der Waals surface area contributed by atoms with E-state index in [2.05, 4.69) is 6.92 Å². The van der Waals surface area contributed by atoms with Crippen molar-refractivity contribution in [2.45, 2.75) is 95.9 Å². The van der Waals surface area contributed by atoms with Gasteiger partial charge in [-0.25, -0.2) is 0 Å². The Hall–Kier alpha value is -0.910. The normalized spacial score (nSPS) is 15.7. The molecule has 0 unspecified atom stereocenters. The summed E-state index contributed by atoms with van der Waals surface area (Å²) in [5.41, 5.74) is 0. The van der Waals surface area contributed by atoms with Gasteiger partial charge in [0.15, 0.2) is 0 Å². The maximum atomic E-state index is 10.4. The molecule has 0 aromatic heterocycles. The van der Waals surface area contributed by atoms with Gasteiger partial charge in [-0.1, -0.05) is 64.0 Å². The van der Waals surface area contributed by atoms with Gasteiger partial charge in [0.25, 0.3) is 0 Å². The average Bonchev–Trinajstić information content (AvgIpc) is 2.51. The minimum atomic E-state index is -0.942. The molecule has 0 bridgehead atoms.